The summed E-state index contributed by atoms with van der Waals surface area (Å²) in [4.78, 5) is 44.5. The van der Waals surface area contributed by atoms with E-state index in [2.05, 4.69) is 22.3 Å². The van der Waals surface area contributed by atoms with Gasteiger partial charge in [0.05, 0.1) is 5.56 Å². The monoisotopic (exact) mass is 524 g/mol. The normalized spacial score (nSPS) is 17.6. The standard InChI is InChI=1S/C29H37ClN4O3/c1-20(2)27(29(37)34-14-12-23(13-15-34)22-8-10-24(30)11-9-22)31-28(36)25-6-4-5-7-26(25)33-18-16-32(17-19-33)21(3)35/h4-11,20,23,27H,12-19H2,1-3H3,(H,31,36)/t27-/m1/s1. The van der Waals surface area contributed by atoms with E-state index in [0.717, 1.165) is 23.6 Å². The number of nitrogens with zero attached hydrogens (tertiary/aromatic N) is 3. The number of likely N-dealkylation sites (tertiary alicyclic amines) is 1. The number of benzene rings is 2. The summed E-state index contributed by atoms with van der Waals surface area (Å²) in [5.41, 5.74) is 2.64. The summed E-state index contributed by atoms with van der Waals surface area (Å²) in [5, 5.41) is 3.78. The fraction of sp³-hybridized carbons (Fsp3) is 0.483. The summed E-state index contributed by atoms with van der Waals surface area (Å²) in [6.45, 7) is 9.45. The molecule has 2 heterocycles. The van der Waals surface area contributed by atoms with Gasteiger partial charge in [-0.3, -0.25) is 14.4 Å². The second-order valence-electron chi connectivity index (χ2n) is 10.4. The van der Waals surface area contributed by atoms with Crippen molar-refractivity contribution in [3.63, 3.8) is 0 Å². The van der Waals surface area contributed by atoms with E-state index in [-0.39, 0.29) is 23.6 Å². The maximum Gasteiger partial charge on any atom is 0.254 e. The maximum absolute atomic E-state index is 13.5. The summed E-state index contributed by atoms with van der Waals surface area (Å²) >= 11 is 6.03. The second-order valence-corrected chi connectivity index (χ2v) is 10.8. The van der Waals surface area contributed by atoms with Crippen molar-refractivity contribution in [2.45, 2.75) is 45.6 Å². The van der Waals surface area contributed by atoms with Crippen LogP contribution in [-0.4, -0.2) is 72.8 Å². The first-order valence-electron chi connectivity index (χ1n) is 13.2. The van der Waals surface area contributed by atoms with Crippen molar-refractivity contribution in [1.82, 2.24) is 15.1 Å². The molecule has 2 aromatic carbocycles. The summed E-state index contributed by atoms with van der Waals surface area (Å²) in [6.07, 6.45) is 1.78. The lowest BCUT2D eigenvalue weighted by Gasteiger charge is -2.37. The lowest BCUT2D eigenvalue weighted by molar-refractivity contribution is -0.135. The van der Waals surface area contributed by atoms with Crippen LogP contribution in [0.2, 0.25) is 5.02 Å². The molecule has 37 heavy (non-hydrogen) atoms. The molecule has 8 heteroatoms. The van der Waals surface area contributed by atoms with Crippen molar-refractivity contribution >= 4 is 35.0 Å². The largest absolute Gasteiger partial charge is 0.367 e. The quantitative estimate of drug-likeness (QED) is 0.615. The number of para-hydroxylation sites is 1. The van der Waals surface area contributed by atoms with Crippen molar-refractivity contribution in [3.05, 3.63) is 64.7 Å². The summed E-state index contributed by atoms with van der Waals surface area (Å²) in [5.74, 6) is 0.166. The fourth-order valence-electron chi connectivity index (χ4n) is 5.30. The molecule has 4 rings (SSSR count). The van der Waals surface area contributed by atoms with Gasteiger partial charge >= 0.3 is 0 Å². The zero-order valence-corrected chi connectivity index (χ0v) is 22.7. The number of piperazine rings is 1. The van der Waals surface area contributed by atoms with Gasteiger partial charge < -0.3 is 20.0 Å². The Morgan fingerprint density at radius 3 is 2.08 bits per heavy atom. The maximum atomic E-state index is 13.5. The highest BCUT2D eigenvalue weighted by molar-refractivity contribution is 6.30. The van der Waals surface area contributed by atoms with Crippen LogP contribution < -0.4 is 10.2 Å². The zero-order valence-electron chi connectivity index (χ0n) is 22.0. The van der Waals surface area contributed by atoms with Gasteiger partial charge in [0, 0.05) is 56.9 Å². The molecule has 7 nitrogen and oxygen atoms in total. The first-order chi connectivity index (χ1) is 17.7. The van der Waals surface area contributed by atoms with E-state index >= 15 is 0 Å². The molecule has 0 aliphatic carbocycles. The van der Waals surface area contributed by atoms with Gasteiger partial charge in [0.2, 0.25) is 11.8 Å². The SMILES string of the molecule is CC(=O)N1CCN(c2ccccc2C(=O)N[C@@H](C(=O)N2CCC(c3ccc(Cl)cc3)CC2)C(C)C)CC1. The number of carbonyl (C=O) groups is 3. The predicted octanol–water partition coefficient (Wildman–Crippen LogP) is 4.17. The second kappa shape index (κ2) is 12.0. The number of hydrogen-bond donors (Lipinski definition) is 1. The third kappa shape index (κ3) is 6.45. The molecule has 2 aliphatic heterocycles. The fourth-order valence-corrected chi connectivity index (χ4v) is 5.43. The molecule has 0 radical (unpaired) electrons. The number of hydrogen-bond acceptors (Lipinski definition) is 4. The molecule has 3 amide bonds. The molecule has 0 unspecified atom stereocenters. The van der Waals surface area contributed by atoms with E-state index in [1.165, 1.54) is 5.56 Å². The first-order valence-corrected chi connectivity index (χ1v) is 13.6. The van der Waals surface area contributed by atoms with Crippen LogP contribution >= 0.6 is 11.6 Å². The minimum Gasteiger partial charge on any atom is -0.367 e. The van der Waals surface area contributed by atoms with E-state index < -0.39 is 6.04 Å². The smallest absolute Gasteiger partial charge is 0.254 e. The molecule has 198 valence electrons. The Labute approximate surface area is 224 Å². The molecular formula is C29H37ClN4O3. The molecule has 2 aliphatic rings. The Bertz CT molecular complexity index is 1100. The molecule has 2 fully saturated rings. The minimum atomic E-state index is -0.595. The predicted molar refractivity (Wildman–Crippen MR) is 147 cm³/mol. The van der Waals surface area contributed by atoms with Gasteiger partial charge in [0.15, 0.2) is 0 Å². The van der Waals surface area contributed by atoms with Crippen molar-refractivity contribution in [1.29, 1.82) is 0 Å². The van der Waals surface area contributed by atoms with Gasteiger partial charge in [-0.15, -0.1) is 0 Å². The Kier molecular flexibility index (Phi) is 8.75. The summed E-state index contributed by atoms with van der Waals surface area (Å²) in [6, 6.07) is 14.9. The van der Waals surface area contributed by atoms with Gasteiger partial charge in [-0.2, -0.15) is 0 Å². The molecule has 2 saturated heterocycles. The van der Waals surface area contributed by atoms with Crippen LogP contribution in [0.4, 0.5) is 5.69 Å². The first kappa shape index (κ1) is 27.0. The molecule has 0 aromatic heterocycles. The van der Waals surface area contributed by atoms with E-state index in [4.69, 9.17) is 11.6 Å². The van der Waals surface area contributed by atoms with Crippen LogP contribution in [0.1, 0.15) is 55.5 Å². The van der Waals surface area contributed by atoms with Crippen LogP contribution in [0.5, 0.6) is 0 Å². The van der Waals surface area contributed by atoms with E-state index in [1.54, 1.807) is 6.92 Å². The molecule has 0 saturated carbocycles. The Morgan fingerprint density at radius 1 is 0.865 bits per heavy atom. The van der Waals surface area contributed by atoms with Crippen molar-refractivity contribution in [3.8, 4) is 0 Å². The van der Waals surface area contributed by atoms with Crippen molar-refractivity contribution in [2.75, 3.05) is 44.2 Å². The molecular weight excluding hydrogens is 488 g/mol. The van der Waals surface area contributed by atoms with E-state index in [1.807, 2.05) is 60.0 Å². The van der Waals surface area contributed by atoms with Crippen molar-refractivity contribution < 1.29 is 14.4 Å². The number of nitrogens with one attached hydrogen (secondary N) is 1. The minimum absolute atomic E-state index is 0.0227. The highest BCUT2D eigenvalue weighted by atomic mass is 35.5. The van der Waals surface area contributed by atoms with E-state index in [0.29, 0.717) is 50.7 Å². The van der Waals surface area contributed by atoms with Crippen LogP contribution in [0.25, 0.3) is 0 Å². The van der Waals surface area contributed by atoms with Gasteiger partial charge in [-0.1, -0.05) is 49.7 Å². The third-order valence-corrected chi connectivity index (χ3v) is 7.83. The highest BCUT2D eigenvalue weighted by Gasteiger charge is 2.32. The average molecular weight is 525 g/mol. The third-order valence-electron chi connectivity index (χ3n) is 7.58. The lowest BCUT2D eigenvalue weighted by Crippen LogP contribution is -2.53. The zero-order chi connectivity index (χ0) is 26.5. The molecule has 1 N–H and O–H groups in total. The number of anilines is 1. The van der Waals surface area contributed by atoms with Crippen LogP contribution in [0.3, 0.4) is 0 Å². The van der Waals surface area contributed by atoms with Gasteiger partial charge in [0.25, 0.3) is 5.91 Å². The highest BCUT2D eigenvalue weighted by Crippen LogP contribution is 2.29. The molecule has 1 atom stereocenters. The Hall–Kier alpha value is -3.06. The van der Waals surface area contributed by atoms with Gasteiger partial charge in [0.1, 0.15) is 6.04 Å². The summed E-state index contributed by atoms with van der Waals surface area (Å²) < 4.78 is 0. The summed E-state index contributed by atoms with van der Waals surface area (Å²) in [7, 11) is 0. The van der Waals surface area contributed by atoms with Crippen LogP contribution in [-0.2, 0) is 9.59 Å². The van der Waals surface area contributed by atoms with Crippen LogP contribution in [0, 0.1) is 5.92 Å². The number of rotatable bonds is 6. The van der Waals surface area contributed by atoms with Gasteiger partial charge in [-0.05, 0) is 54.5 Å². The van der Waals surface area contributed by atoms with Crippen LogP contribution in [0.15, 0.2) is 48.5 Å². The van der Waals surface area contributed by atoms with Gasteiger partial charge in [-0.25, -0.2) is 0 Å². The van der Waals surface area contributed by atoms with Crippen molar-refractivity contribution in [2.24, 2.45) is 5.92 Å². The molecule has 2 aromatic rings. The number of halogens is 1. The Morgan fingerprint density at radius 2 is 1.49 bits per heavy atom. The molecule has 0 spiro atoms. The lowest BCUT2D eigenvalue weighted by atomic mass is 9.89. The topological polar surface area (TPSA) is 73.0 Å². The number of piperidine rings is 1. The number of amides is 3. The Balaban J connectivity index is 1.40. The average Bonchev–Trinajstić information content (AvgIpc) is 2.91. The van der Waals surface area contributed by atoms with E-state index in [9.17, 15) is 14.4 Å². The number of carbonyl (C=O) groups excluding carboxylic acids is 3. The molecule has 0 bridgehead atoms.